The number of nitrogens with two attached hydrogens (primary N) is 1. The van der Waals surface area contributed by atoms with Gasteiger partial charge in [-0.1, -0.05) is 18.2 Å². The molecule has 4 nitrogen and oxygen atoms in total. The van der Waals surface area contributed by atoms with E-state index in [4.69, 9.17) is 10.5 Å². The molecular weight excluding hydrogens is 269 g/mol. The van der Waals surface area contributed by atoms with Crippen molar-refractivity contribution in [3.63, 3.8) is 0 Å². The SMILES string of the molecule is CC1(c2cccc(-c3cccnc3F)c2)CNCC(N)O1. The van der Waals surface area contributed by atoms with E-state index in [1.807, 2.05) is 31.2 Å². The van der Waals surface area contributed by atoms with Crippen LogP contribution in [0.3, 0.4) is 0 Å². The average Bonchev–Trinajstić information content (AvgIpc) is 2.48. The van der Waals surface area contributed by atoms with Crippen molar-refractivity contribution in [1.82, 2.24) is 10.3 Å². The Morgan fingerprint density at radius 3 is 3.00 bits per heavy atom. The van der Waals surface area contributed by atoms with E-state index in [9.17, 15) is 4.39 Å². The van der Waals surface area contributed by atoms with E-state index in [1.165, 1.54) is 6.20 Å². The molecule has 3 rings (SSSR count). The third-order valence-electron chi connectivity index (χ3n) is 3.76. The second-order valence-corrected chi connectivity index (χ2v) is 5.44. The van der Waals surface area contributed by atoms with Gasteiger partial charge in [-0.15, -0.1) is 0 Å². The van der Waals surface area contributed by atoms with Crippen LogP contribution in [-0.2, 0) is 10.3 Å². The topological polar surface area (TPSA) is 60.2 Å². The maximum absolute atomic E-state index is 13.8. The predicted octanol–water partition coefficient (Wildman–Crippen LogP) is 2.01. The summed E-state index contributed by atoms with van der Waals surface area (Å²) in [5, 5.41) is 3.26. The predicted molar refractivity (Wildman–Crippen MR) is 78.9 cm³/mol. The molecule has 0 aliphatic carbocycles. The summed E-state index contributed by atoms with van der Waals surface area (Å²) in [7, 11) is 0. The molecule has 1 aliphatic rings. The summed E-state index contributed by atoms with van der Waals surface area (Å²) in [4.78, 5) is 3.70. The van der Waals surface area contributed by atoms with Crippen molar-refractivity contribution in [3.05, 3.63) is 54.1 Å². The van der Waals surface area contributed by atoms with E-state index >= 15 is 0 Å². The monoisotopic (exact) mass is 287 g/mol. The molecule has 110 valence electrons. The molecule has 2 aromatic rings. The van der Waals surface area contributed by atoms with E-state index in [0.717, 1.165) is 11.1 Å². The zero-order chi connectivity index (χ0) is 14.9. The molecule has 21 heavy (non-hydrogen) atoms. The number of halogens is 1. The van der Waals surface area contributed by atoms with Gasteiger partial charge in [-0.05, 0) is 36.2 Å². The fourth-order valence-corrected chi connectivity index (χ4v) is 2.66. The molecule has 3 N–H and O–H groups in total. The molecule has 1 saturated heterocycles. The van der Waals surface area contributed by atoms with Gasteiger partial charge in [0.1, 0.15) is 11.8 Å². The Bertz CT molecular complexity index is 649. The average molecular weight is 287 g/mol. The van der Waals surface area contributed by atoms with E-state index in [0.29, 0.717) is 18.7 Å². The van der Waals surface area contributed by atoms with Gasteiger partial charge in [0.2, 0.25) is 5.95 Å². The quantitative estimate of drug-likeness (QED) is 0.830. The number of hydrogen-bond acceptors (Lipinski definition) is 4. The molecule has 2 unspecified atom stereocenters. The number of nitrogens with one attached hydrogen (secondary N) is 1. The minimum absolute atomic E-state index is 0.345. The lowest BCUT2D eigenvalue weighted by Gasteiger charge is -2.38. The normalized spacial score (nSPS) is 25.8. The number of rotatable bonds is 2. The largest absolute Gasteiger partial charge is 0.350 e. The van der Waals surface area contributed by atoms with E-state index < -0.39 is 11.5 Å². The van der Waals surface area contributed by atoms with Gasteiger partial charge in [0, 0.05) is 24.8 Å². The highest BCUT2D eigenvalue weighted by molar-refractivity contribution is 5.64. The minimum Gasteiger partial charge on any atom is -0.350 e. The van der Waals surface area contributed by atoms with Crippen molar-refractivity contribution in [2.24, 2.45) is 5.73 Å². The van der Waals surface area contributed by atoms with Crippen molar-refractivity contribution >= 4 is 0 Å². The molecule has 2 atom stereocenters. The molecule has 0 spiro atoms. The number of pyridine rings is 1. The molecule has 0 radical (unpaired) electrons. The Morgan fingerprint density at radius 1 is 1.38 bits per heavy atom. The standard InChI is InChI=1S/C16H18FN3O/c1-16(10-19-9-14(18)21-16)12-5-2-4-11(8-12)13-6-3-7-20-15(13)17/h2-8,14,19H,9-10,18H2,1H3. The molecule has 0 saturated carbocycles. The number of hydrogen-bond donors (Lipinski definition) is 2. The summed E-state index contributed by atoms with van der Waals surface area (Å²) in [5.41, 5.74) is 7.57. The van der Waals surface area contributed by atoms with Gasteiger partial charge < -0.3 is 15.8 Å². The Kier molecular flexibility index (Phi) is 3.71. The maximum atomic E-state index is 13.8. The van der Waals surface area contributed by atoms with Crippen LogP contribution in [0, 0.1) is 5.95 Å². The van der Waals surface area contributed by atoms with Gasteiger partial charge >= 0.3 is 0 Å². The first-order chi connectivity index (χ1) is 10.1. The fourth-order valence-electron chi connectivity index (χ4n) is 2.66. The van der Waals surface area contributed by atoms with Crippen LogP contribution in [-0.4, -0.2) is 24.3 Å². The Hall–Kier alpha value is -1.82. The van der Waals surface area contributed by atoms with E-state index in [2.05, 4.69) is 10.3 Å². The first kappa shape index (κ1) is 14.1. The first-order valence-corrected chi connectivity index (χ1v) is 6.94. The highest BCUT2D eigenvalue weighted by Gasteiger charge is 2.33. The number of aromatic nitrogens is 1. The second-order valence-electron chi connectivity index (χ2n) is 5.44. The number of ether oxygens (including phenoxy) is 1. The van der Waals surface area contributed by atoms with Gasteiger partial charge in [-0.25, -0.2) is 4.98 Å². The highest BCUT2D eigenvalue weighted by Crippen LogP contribution is 2.31. The zero-order valence-corrected chi connectivity index (χ0v) is 11.8. The van der Waals surface area contributed by atoms with Gasteiger partial charge in [0.15, 0.2) is 0 Å². The van der Waals surface area contributed by atoms with Gasteiger partial charge in [0.25, 0.3) is 0 Å². The Morgan fingerprint density at radius 2 is 2.24 bits per heavy atom. The summed E-state index contributed by atoms with van der Waals surface area (Å²) in [6, 6.07) is 11.1. The molecule has 5 heteroatoms. The molecular formula is C16H18FN3O. The van der Waals surface area contributed by atoms with E-state index in [-0.39, 0.29) is 6.23 Å². The van der Waals surface area contributed by atoms with Crippen LogP contribution in [0.5, 0.6) is 0 Å². The summed E-state index contributed by atoms with van der Waals surface area (Å²) >= 11 is 0. The second kappa shape index (κ2) is 5.52. The molecule has 0 bridgehead atoms. The van der Waals surface area contributed by atoms with Crippen molar-refractivity contribution in [3.8, 4) is 11.1 Å². The molecule has 1 aliphatic heterocycles. The summed E-state index contributed by atoms with van der Waals surface area (Å²) in [6.45, 7) is 3.28. The number of morpholine rings is 1. The van der Waals surface area contributed by atoms with Crippen molar-refractivity contribution in [2.75, 3.05) is 13.1 Å². The van der Waals surface area contributed by atoms with E-state index in [1.54, 1.807) is 12.1 Å². The fraction of sp³-hybridized carbons (Fsp3) is 0.312. The summed E-state index contributed by atoms with van der Waals surface area (Å²) in [5.74, 6) is -0.473. The van der Waals surface area contributed by atoms with Crippen LogP contribution in [0.2, 0.25) is 0 Å². The molecule has 0 amide bonds. The maximum Gasteiger partial charge on any atom is 0.220 e. The van der Waals surface area contributed by atoms with Gasteiger partial charge in [-0.2, -0.15) is 4.39 Å². The zero-order valence-electron chi connectivity index (χ0n) is 11.8. The number of nitrogens with zero attached hydrogens (tertiary/aromatic N) is 1. The summed E-state index contributed by atoms with van der Waals surface area (Å²) < 4.78 is 19.7. The summed E-state index contributed by atoms with van der Waals surface area (Å²) in [6.07, 6.45) is 1.10. The van der Waals surface area contributed by atoms with Gasteiger partial charge in [0.05, 0.1) is 0 Å². The van der Waals surface area contributed by atoms with Crippen LogP contribution in [0.1, 0.15) is 12.5 Å². The third kappa shape index (κ3) is 2.81. The third-order valence-corrected chi connectivity index (χ3v) is 3.76. The lowest BCUT2D eigenvalue weighted by Crippen LogP contribution is -2.53. The van der Waals surface area contributed by atoms with Crippen molar-refractivity contribution in [2.45, 2.75) is 18.8 Å². The van der Waals surface area contributed by atoms with Gasteiger partial charge in [-0.3, -0.25) is 0 Å². The lowest BCUT2D eigenvalue weighted by molar-refractivity contribution is -0.107. The van der Waals surface area contributed by atoms with Crippen LogP contribution < -0.4 is 11.1 Å². The van der Waals surface area contributed by atoms with Crippen molar-refractivity contribution in [1.29, 1.82) is 0 Å². The smallest absolute Gasteiger partial charge is 0.220 e. The Balaban J connectivity index is 1.99. The lowest BCUT2D eigenvalue weighted by atomic mass is 9.91. The first-order valence-electron chi connectivity index (χ1n) is 6.94. The minimum atomic E-state index is -0.521. The van der Waals surface area contributed by atoms with Crippen LogP contribution in [0.15, 0.2) is 42.6 Å². The Labute approximate surface area is 123 Å². The molecule has 1 aromatic carbocycles. The highest BCUT2D eigenvalue weighted by atomic mass is 19.1. The van der Waals surface area contributed by atoms with Crippen LogP contribution in [0.25, 0.3) is 11.1 Å². The van der Waals surface area contributed by atoms with Crippen LogP contribution >= 0.6 is 0 Å². The molecule has 1 aromatic heterocycles. The molecule has 1 fully saturated rings. The number of benzene rings is 1. The molecule has 2 heterocycles. The van der Waals surface area contributed by atoms with Crippen molar-refractivity contribution < 1.29 is 9.13 Å². The van der Waals surface area contributed by atoms with Crippen LogP contribution in [0.4, 0.5) is 4.39 Å².